The third-order valence-corrected chi connectivity index (χ3v) is 4.74. The van der Waals surface area contributed by atoms with Gasteiger partial charge in [-0.15, -0.1) is 0 Å². The third-order valence-electron chi connectivity index (χ3n) is 4.74. The second-order valence-electron chi connectivity index (χ2n) is 6.94. The maximum atomic E-state index is 13.0. The number of nitrogens with zero attached hydrogens (tertiary/aromatic N) is 5. The summed E-state index contributed by atoms with van der Waals surface area (Å²) in [7, 11) is 1.83. The number of fused-ring (bicyclic) bond motifs is 1. The Bertz CT molecular complexity index is 1290. The molecule has 0 saturated carbocycles. The SMILES string of the molecule is C=C(F)C(=O)Nc1ccc2c(c1)c(C)cn2-c1nc(Nc2ccnn2C)ncc1C. The predicted octanol–water partition coefficient (Wildman–Crippen LogP) is 3.94. The number of nitrogens with one attached hydrogen (secondary N) is 2. The van der Waals surface area contributed by atoms with Crippen LogP contribution in [-0.2, 0) is 11.8 Å². The zero-order valence-corrected chi connectivity index (χ0v) is 16.8. The highest BCUT2D eigenvalue weighted by Crippen LogP contribution is 2.28. The van der Waals surface area contributed by atoms with Gasteiger partial charge in [-0.3, -0.25) is 9.48 Å². The van der Waals surface area contributed by atoms with Gasteiger partial charge in [-0.05, 0) is 37.6 Å². The van der Waals surface area contributed by atoms with Crippen LogP contribution in [0.4, 0.5) is 21.8 Å². The van der Waals surface area contributed by atoms with Crippen LogP contribution in [0.5, 0.6) is 0 Å². The summed E-state index contributed by atoms with van der Waals surface area (Å²) >= 11 is 0. The monoisotopic (exact) mass is 405 g/mol. The number of halogens is 1. The highest BCUT2D eigenvalue weighted by Gasteiger charge is 2.14. The van der Waals surface area contributed by atoms with Gasteiger partial charge in [-0.1, -0.05) is 6.58 Å². The number of rotatable bonds is 5. The number of hydrogen-bond acceptors (Lipinski definition) is 5. The Morgan fingerprint density at radius 1 is 1.20 bits per heavy atom. The summed E-state index contributed by atoms with van der Waals surface area (Å²) in [6.07, 6.45) is 5.41. The fourth-order valence-electron chi connectivity index (χ4n) is 3.19. The van der Waals surface area contributed by atoms with Gasteiger partial charge in [0.15, 0.2) is 5.83 Å². The minimum atomic E-state index is -1.03. The smallest absolute Gasteiger partial charge is 0.283 e. The second-order valence-corrected chi connectivity index (χ2v) is 6.94. The maximum Gasteiger partial charge on any atom is 0.283 e. The van der Waals surface area contributed by atoms with E-state index in [2.05, 4.69) is 32.3 Å². The van der Waals surface area contributed by atoms with Gasteiger partial charge in [0.2, 0.25) is 5.95 Å². The number of carbonyl (C=O) groups is 1. The zero-order chi connectivity index (χ0) is 21.4. The van der Waals surface area contributed by atoms with Gasteiger partial charge < -0.3 is 15.2 Å². The van der Waals surface area contributed by atoms with Crippen LogP contribution in [0.3, 0.4) is 0 Å². The first-order valence-corrected chi connectivity index (χ1v) is 9.20. The van der Waals surface area contributed by atoms with E-state index in [-0.39, 0.29) is 0 Å². The molecule has 0 aliphatic rings. The highest BCUT2D eigenvalue weighted by atomic mass is 19.1. The Morgan fingerprint density at radius 2 is 2.00 bits per heavy atom. The molecule has 4 aromatic rings. The lowest BCUT2D eigenvalue weighted by molar-refractivity contribution is -0.114. The molecule has 0 unspecified atom stereocenters. The quantitative estimate of drug-likeness (QED) is 0.491. The molecule has 0 fully saturated rings. The van der Waals surface area contributed by atoms with Gasteiger partial charge in [0.25, 0.3) is 5.91 Å². The van der Waals surface area contributed by atoms with E-state index in [1.165, 1.54) is 0 Å². The van der Waals surface area contributed by atoms with Crippen molar-refractivity contribution in [1.82, 2.24) is 24.3 Å². The lowest BCUT2D eigenvalue weighted by atomic mass is 10.1. The number of anilines is 3. The Hall–Kier alpha value is -4.01. The molecular weight excluding hydrogens is 385 g/mol. The van der Waals surface area contributed by atoms with Crippen molar-refractivity contribution in [2.24, 2.45) is 7.05 Å². The van der Waals surface area contributed by atoms with Crippen LogP contribution in [0.25, 0.3) is 16.7 Å². The summed E-state index contributed by atoms with van der Waals surface area (Å²) < 4.78 is 16.7. The summed E-state index contributed by atoms with van der Waals surface area (Å²) in [5, 5.41) is 10.7. The zero-order valence-electron chi connectivity index (χ0n) is 16.8. The average Bonchev–Trinajstić information content (AvgIpc) is 3.26. The van der Waals surface area contributed by atoms with Gasteiger partial charge in [-0.25, -0.2) is 9.37 Å². The standard InChI is InChI=1S/C21H20FN7O/c1-12-10-23-21(26-18-7-8-24-28(18)4)27-19(12)29-11-13(2)16-9-15(5-6-17(16)29)25-20(30)14(3)22/h5-11H,3H2,1-2,4H3,(H,25,30)(H,23,26,27). The summed E-state index contributed by atoms with van der Waals surface area (Å²) in [5.41, 5.74) is 3.27. The Balaban J connectivity index is 1.74. The lowest BCUT2D eigenvalue weighted by Gasteiger charge is -2.11. The van der Waals surface area contributed by atoms with Crippen LogP contribution in [0.1, 0.15) is 11.1 Å². The summed E-state index contributed by atoms with van der Waals surface area (Å²) in [4.78, 5) is 20.6. The van der Waals surface area contributed by atoms with Crippen molar-refractivity contribution in [3.05, 3.63) is 66.4 Å². The molecule has 1 aromatic carbocycles. The molecule has 9 heteroatoms. The van der Waals surface area contributed by atoms with Gasteiger partial charge >= 0.3 is 0 Å². The first-order chi connectivity index (χ1) is 14.3. The largest absolute Gasteiger partial charge is 0.320 e. The summed E-state index contributed by atoms with van der Waals surface area (Å²) in [6, 6.07) is 7.20. The molecule has 3 heterocycles. The molecule has 0 spiro atoms. The molecule has 2 N–H and O–H groups in total. The van der Waals surface area contributed by atoms with Crippen molar-refractivity contribution >= 4 is 34.3 Å². The Labute approximate surface area is 172 Å². The van der Waals surface area contributed by atoms with E-state index in [4.69, 9.17) is 0 Å². The van der Waals surface area contributed by atoms with Crippen molar-refractivity contribution in [2.45, 2.75) is 13.8 Å². The molecule has 0 aliphatic heterocycles. The highest BCUT2D eigenvalue weighted by molar-refractivity contribution is 6.03. The number of carbonyl (C=O) groups excluding carboxylic acids is 1. The number of aryl methyl sites for hydroxylation is 3. The second kappa shape index (κ2) is 7.43. The van der Waals surface area contributed by atoms with Crippen LogP contribution < -0.4 is 10.6 Å². The predicted molar refractivity (Wildman–Crippen MR) is 114 cm³/mol. The van der Waals surface area contributed by atoms with Gasteiger partial charge in [0.1, 0.15) is 11.6 Å². The van der Waals surface area contributed by atoms with E-state index in [1.54, 1.807) is 29.2 Å². The van der Waals surface area contributed by atoms with E-state index < -0.39 is 11.7 Å². The van der Waals surface area contributed by atoms with Crippen molar-refractivity contribution in [3.63, 3.8) is 0 Å². The molecule has 4 rings (SSSR count). The molecule has 0 saturated heterocycles. The molecular formula is C21H20FN7O. The molecule has 30 heavy (non-hydrogen) atoms. The first-order valence-electron chi connectivity index (χ1n) is 9.20. The van der Waals surface area contributed by atoms with Crippen molar-refractivity contribution < 1.29 is 9.18 Å². The minimum absolute atomic E-state index is 0.448. The van der Waals surface area contributed by atoms with Crippen LogP contribution in [-0.4, -0.2) is 30.2 Å². The fourth-order valence-corrected chi connectivity index (χ4v) is 3.19. The molecule has 152 valence electrons. The topological polar surface area (TPSA) is 89.7 Å². The average molecular weight is 405 g/mol. The number of amides is 1. The van der Waals surface area contributed by atoms with Gasteiger partial charge in [0.05, 0.1) is 11.7 Å². The first kappa shape index (κ1) is 19.3. The van der Waals surface area contributed by atoms with Crippen LogP contribution in [0.15, 0.2) is 55.3 Å². The number of benzene rings is 1. The van der Waals surface area contributed by atoms with Gasteiger partial charge in [-0.2, -0.15) is 10.1 Å². The molecule has 0 atom stereocenters. The van der Waals surface area contributed by atoms with Crippen LogP contribution in [0, 0.1) is 13.8 Å². The van der Waals surface area contributed by atoms with Crippen LogP contribution in [0.2, 0.25) is 0 Å². The van der Waals surface area contributed by atoms with Gasteiger partial charge in [0, 0.05) is 42.1 Å². The molecule has 0 aliphatic carbocycles. The van der Waals surface area contributed by atoms with E-state index in [0.29, 0.717) is 11.6 Å². The molecule has 0 bridgehead atoms. The van der Waals surface area contributed by atoms with E-state index >= 15 is 0 Å². The Morgan fingerprint density at radius 3 is 2.70 bits per heavy atom. The Kier molecular flexibility index (Phi) is 4.78. The molecule has 0 radical (unpaired) electrons. The van der Waals surface area contributed by atoms with Crippen molar-refractivity contribution in [2.75, 3.05) is 10.6 Å². The summed E-state index contributed by atoms with van der Waals surface area (Å²) in [6.45, 7) is 6.91. The van der Waals surface area contributed by atoms with Crippen molar-refractivity contribution in [1.29, 1.82) is 0 Å². The normalized spacial score (nSPS) is 10.9. The fraction of sp³-hybridized carbons (Fsp3) is 0.143. The van der Waals surface area contributed by atoms with E-state index in [0.717, 1.165) is 33.7 Å². The molecule has 3 aromatic heterocycles. The van der Waals surface area contributed by atoms with Crippen LogP contribution >= 0.6 is 0 Å². The maximum absolute atomic E-state index is 13.0. The molecule has 1 amide bonds. The van der Waals surface area contributed by atoms with E-state index in [1.807, 2.05) is 43.8 Å². The third kappa shape index (κ3) is 3.52. The number of aromatic nitrogens is 5. The van der Waals surface area contributed by atoms with E-state index in [9.17, 15) is 9.18 Å². The molecule has 8 nitrogen and oxygen atoms in total. The van der Waals surface area contributed by atoms with Crippen molar-refractivity contribution in [3.8, 4) is 5.82 Å². The lowest BCUT2D eigenvalue weighted by Crippen LogP contribution is -2.11. The number of hydrogen-bond donors (Lipinski definition) is 2. The summed E-state index contributed by atoms with van der Waals surface area (Å²) in [5.74, 6) is 0.0531. The minimum Gasteiger partial charge on any atom is -0.320 e.